The average molecular weight is 277 g/mol. The highest BCUT2D eigenvalue weighted by atomic mass is 32.2. The van der Waals surface area contributed by atoms with Gasteiger partial charge in [-0.25, -0.2) is 12.7 Å². The van der Waals surface area contributed by atoms with Crippen LogP contribution in [0.1, 0.15) is 17.9 Å². The molecule has 1 aromatic rings. The number of methoxy groups -OCH3 is 1. The van der Waals surface area contributed by atoms with Crippen molar-refractivity contribution in [1.29, 1.82) is 0 Å². The van der Waals surface area contributed by atoms with Gasteiger partial charge in [0.2, 0.25) is 10.0 Å². The summed E-state index contributed by atoms with van der Waals surface area (Å²) in [4.78, 5) is 0.103. The number of rotatable bonds is 7. The summed E-state index contributed by atoms with van der Waals surface area (Å²) < 4.78 is 35.7. The van der Waals surface area contributed by atoms with Gasteiger partial charge in [0.05, 0.1) is 0 Å². The largest absolute Gasteiger partial charge is 0.462 e. The zero-order valence-corrected chi connectivity index (χ0v) is 11.7. The first-order chi connectivity index (χ1) is 8.43. The molecule has 0 spiro atoms. The molecule has 0 aliphatic heterocycles. The fourth-order valence-corrected chi connectivity index (χ4v) is 2.97. The Morgan fingerprint density at radius 1 is 1.50 bits per heavy atom. The Bertz CT molecular complexity index is 480. The molecule has 0 radical (unpaired) electrons. The number of ether oxygens (including phenoxy) is 1. The van der Waals surface area contributed by atoms with Crippen molar-refractivity contribution < 1.29 is 22.7 Å². The second kappa shape index (κ2) is 6.33. The minimum Gasteiger partial charge on any atom is -0.462 e. The van der Waals surface area contributed by atoms with Gasteiger partial charge in [-0.1, -0.05) is 0 Å². The molecule has 0 aromatic carbocycles. The molecule has 1 heterocycles. The molecule has 0 amide bonds. The monoisotopic (exact) mass is 277 g/mol. The highest BCUT2D eigenvalue weighted by molar-refractivity contribution is 7.89. The maximum atomic E-state index is 12.2. The summed E-state index contributed by atoms with van der Waals surface area (Å²) >= 11 is 0. The lowest BCUT2D eigenvalue weighted by Gasteiger charge is -2.16. The van der Waals surface area contributed by atoms with Gasteiger partial charge in [-0.15, -0.1) is 0 Å². The molecule has 0 unspecified atom stereocenters. The van der Waals surface area contributed by atoms with E-state index in [-0.39, 0.29) is 23.0 Å². The Kier molecular flexibility index (Phi) is 5.33. The van der Waals surface area contributed by atoms with Gasteiger partial charge in [-0.3, -0.25) is 0 Å². The smallest absolute Gasteiger partial charge is 0.246 e. The van der Waals surface area contributed by atoms with Crippen LogP contribution in [0.2, 0.25) is 0 Å². The minimum absolute atomic E-state index is 0.103. The fourth-order valence-electron chi connectivity index (χ4n) is 1.58. The van der Waals surface area contributed by atoms with Gasteiger partial charge < -0.3 is 14.3 Å². The van der Waals surface area contributed by atoms with Crippen LogP contribution < -0.4 is 0 Å². The molecule has 6 nitrogen and oxygen atoms in total. The van der Waals surface area contributed by atoms with E-state index in [1.165, 1.54) is 17.4 Å². The summed E-state index contributed by atoms with van der Waals surface area (Å²) in [5.74, 6) is 0.536. The van der Waals surface area contributed by atoms with Crippen LogP contribution in [-0.4, -0.2) is 45.1 Å². The fraction of sp³-hybridized carbons (Fsp3) is 0.636. The summed E-state index contributed by atoms with van der Waals surface area (Å²) in [7, 11) is -0.485. The summed E-state index contributed by atoms with van der Waals surface area (Å²) in [6, 6.07) is 1.36. The molecule has 0 saturated heterocycles. The van der Waals surface area contributed by atoms with E-state index in [9.17, 15) is 8.42 Å². The number of aryl methyl sites for hydroxylation is 1. The maximum absolute atomic E-state index is 12.2. The van der Waals surface area contributed by atoms with Crippen molar-refractivity contribution in [2.45, 2.75) is 24.8 Å². The van der Waals surface area contributed by atoms with E-state index in [0.29, 0.717) is 19.6 Å². The molecule has 0 aliphatic rings. The predicted molar refractivity (Wildman–Crippen MR) is 65.7 cm³/mol. The van der Waals surface area contributed by atoms with Crippen LogP contribution in [0.25, 0.3) is 0 Å². The van der Waals surface area contributed by atoms with Crippen molar-refractivity contribution in [3.63, 3.8) is 0 Å². The summed E-state index contributed by atoms with van der Waals surface area (Å²) in [6.07, 6.45) is 0.621. The van der Waals surface area contributed by atoms with Crippen LogP contribution in [0.3, 0.4) is 0 Å². The van der Waals surface area contributed by atoms with Crippen LogP contribution in [0, 0.1) is 6.92 Å². The standard InChI is InChI=1S/C11H19NO5S/c1-9-11(7-10(8-13)17-9)18(14,15)12(2)5-4-6-16-3/h7,13H,4-6,8H2,1-3H3. The Morgan fingerprint density at radius 2 is 2.17 bits per heavy atom. The summed E-state index contributed by atoms with van der Waals surface area (Å²) in [6.45, 7) is 2.13. The molecule has 1 rings (SSSR count). The molecule has 0 aliphatic carbocycles. The average Bonchev–Trinajstić information content (AvgIpc) is 2.71. The van der Waals surface area contributed by atoms with Crippen molar-refractivity contribution in [3.8, 4) is 0 Å². The van der Waals surface area contributed by atoms with Crippen LogP contribution in [0.5, 0.6) is 0 Å². The third-order valence-corrected chi connectivity index (χ3v) is 4.55. The van der Waals surface area contributed by atoms with Crippen LogP contribution >= 0.6 is 0 Å². The van der Waals surface area contributed by atoms with Gasteiger partial charge >= 0.3 is 0 Å². The van der Waals surface area contributed by atoms with Crippen molar-refractivity contribution >= 4 is 10.0 Å². The minimum atomic E-state index is -3.57. The van der Waals surface area contributed by atoms with Gasteiger partial charge in [0.1, 0.15) is 23.0 Å². The Morgan fingerprint density at radius 3 is 2.67 bits per heavy atom. The van der Waals surface area contributed by atoms with E-state index in [4.69, 9.17) is 14.3 Å². The Hall–Kier alpha value is -0.890. The number of hydrogen-bond donors (Lipinski definition) is 1. The number of hydrogen-bond acceptors (Lipinski definition) is 5. The lowest BCUT2D eigenvalue weighted by atomic mass is 10.4. The van der Waals surface area contributed by atoms with Crippen molar-refractivity contribution in [2.75, 3.05) is 27.3 Å². The Balaban J connectivity index is 2.87. The van der Waals surface area contributed by atoms with Crippen molar-refractivity contribution in [2.24, 2.45) is 0 Å². The molecule has 0 saturated carbocycles. The first-order valence-corrected chi connectivity index (χ1v) is 7.03. The van der Waals surface area contributed by atoms with Gasteiger partial charge in [0, 0.05) is 33.4 Å². The van der Waals surface area contributed by atoms with Gasteiger partial charge in [-0.2, -0.15) is 0 Å². The second-order valence-electron chi connectivity index (χ2n) is 3.96. The second-order valence-corrected chi connectivity index (χ2v) is 5.98. The first kappa shape index (κ1) is 15.2. The molecule has 7 heteroatoms. The van der Waals surface area contributed by atoms with Crippen LogP contribution in [0.15, 0.2) is 15.4 Å². The van der Waals surface area contributed by atoms with Crippen molar-refractivity contribution in [3.05, 3.63) is 17.6 Å². The topological polar surface area (TPSA) is 80.0 Å². The molecule has 104 valence electrons. The molecular formula is C11H19NO5S. The number of furan rings is 1. The van der Waals surface area contributed by atoms with E-state index in [2.05, 4.69) is 0 Å². The number of aliphatic hydroxyl groups excluding tert-OH is 1. The molecule has 0 bridgehead atoms. The van der Waals surface area contributed by atoms with E-state index in [1.807, 2.05) is 0 Å². The number of nitrogens with zero attached hydrogens (tertiary/aromatic N) is 1. The van der Waals surface area contributed by atoms with Crippen molar-refractivity contribution in [1.82, 2.24) is 4.31 Å². The van der Waals surface area contributed by atoms with E-state index >= 15 is 0 Å². The van der Waals surface area contributed by atoms with Crippen LogP contribution in [-0.2, 0) is 21.4 Å². The van der Waals surface area contributed by atoms with Gasteiger partial charge in [0.15, 0.2) is 0 Å². The highest BCUT2D eigenvalue weighted by Gasteiger charge is 2.25. The molecule has 0 fully saturated rings. The van der Waals surface area contributed by atoms with Gasteiger partial charge in [0.25, 0.3) is 0 Å². The molecule has 0 atom stereocenters. The third-order valence-electron chi connectivity index (χ3n) is 2.59. The predicted octanol–water partition coefficient (Wildman–Crippen LogP) is 0.737. The molecular weight excluding hydrogens is 258 g/mol. The number of aliphatic hydroxyl groups is 1. The zero-order valence-electron chi connectivity index (χ0n) is 10.8. The van der Waals surface area contributed by atoms with Gasteiger partial charge in [-0.05, 0) is 13.3 Å². The zero-order chi connectivity index (χ0) is 13.8. The van der Waals surface area contributed by atoms with E-state index in [1.54, 1.807) is 14.0 Å². The molecule has 1 aromatic heterocycles. The molecule has 1 N–H and O–H groups in total. The maximum Gasteiger partial charge on any atom is 0.246 e. The number of sulfonamides is 1. The first-order valence-electron chi connectivity index (χ1n) is 5.59. The summed E-state index contributed by atoms with van der Waals surface area (Å²) in [5, 5.41) is 8.93. The SMILES string of the molecule is COCCCN(C)S(=O)(=O)c1cc(CO)oc1C. The third kappa shape index (κ3) is 3.32. The van der Waals surface area contributed by atoms with Crippen LogP contribution in [0.4, 0.5) is 0 Å². The summed E-state index contributed by atoms with van der Waals surface area (Å²) in [5.41, 5.74) is 0. The molecule has 18 heavy (non-hydrogen) atoms. The quantitative estimate of drug-likeness (QED) is 0.743. The highest BCUT2D eigenvalue weighted by Crippen LogP contribution is 2.23. The lowest BCUT2D eigenvalue weighted by Crippen LogP contribution is -2.28. The van der Waals surface area contributed by atoms with E-state index < -0.39 is 10.0 Å². The lowest BCUT2D eigenvalue weighted by molar-refractivity contribution is 0.189. The Labute approximate surface area is 107 Å². The normalized spacial score (nSPS) is 12.3. The van der Waals surface area contributed by atoms with E-state index in [0.717, 1.165) is 0 Å².